The number of methoxy groups -OCH3 is 1. The number of benzene rings is 1. The fourth-order valence-electron chi connectivity index (χ4n) is 3.34. The van der Waals surface area contributed by atoms with E-state index in [0.717, 1.165) is 15.8 Å². The van der Waals surface area contributed by atoms with E-state index in [1.165, 1.54) is 31.2 Å². The van der Waals surface area contributed by atoms with Gasteiger partial charge in [0.25, 0.3) is 0 Å². The highest BCUT2D eigenvalue weighted by molar-refractivity contribution is 9.10. The van der Waals surface area contributed by atoms with Gasteiger partial charge in [0.15, 0.2) is 0 Å². The van der Waals surface area contributed by atoms with Crippen LogP contribution in [-0.4, -0.2) is 7.11 Å². The number of hydrogen-bond donors (Lipinski definition) is 0. The zero-order chi connectivity index (χ0) is 14.9. The van der Waals surface area contributed by atoms with Gasteiger partial charge in [-0.25, -0.2) is 0 Å². The molecule has 20 heavy (non-hydrogen) atoms. The zero-order valence-electron chi connectivity index (χ0n) is 12.8. The lowest BCUT2D eigenvalue weighted by atomic mass is 9.66. The number of rotatable bonds is 3. The fraction of sp³-hybridized carbons (Fsp3) is 0.647. The fourth-order valence-corrected chi connectivity index (χ4v) is 4.34. The number of aryl methyl sites for hydroxylation is 1. The van der Waals surface area contributed by atoms with Crippen LogP contribution in [0.4, 0.5) is 0 Å². The lowest BCUT2D eigenvalue weighted by Gasteiger charge is -2.41. The second-order valence-corrected chi connectivity index (χ2v) is 7.91. The molecule has 0 N–H and O–H groups in total. The molecular formula is C17H24BrClO. The molecule has 0 amide bonds. The Kier molecular flexibility index (Phi) is 5.07. The molecule has 0 heterocycles. The summed E-state index contributed by atoms with van der Waals surface area (Å²) >= 11 is 10.5. The van der Waals surface area contributed by atoms with Crippen molar-refractivity contribution < 1.29 is 4.74 Å². The van der Waals surface area contributed by atoms with Crippen LogP contribution >= 0.6 is 27.5 Å². The van der Waals surface area contributed by atoms with Crippen LogP contribution in [-0.2, 0) is 0 Å². The number of halogens is 2. The monoisotopic (exact) mass is 358 g/mol. The van der Waals surface area contributed by atoms with E-state index in [-0.39, 0.29) is 5.38 Å². The number of ether oxygens (including phenoxy) is 1. The van der Waals surface area contributed by atoms with E-state index < -0.39 is 0 Å². The average Bonchev–Trinajstić information content (AvgIpc) is 2.40. The largest absolute Gasteiger partial charge is 0.496 e. The quantitative estimate of drug-likeness (QED) is 0.578. The van der Waals surface area contributed by atoms with Gasteiger partial charge in [0, 0.05) is 10.0 Å². The molecule has 1 fully saturated rings. The van der Waals surface area contributed by atoms with Gasteiger partial charge in [-0.05, 0) is 48.8 Å². The van der Waals surface area contributed by atoms with Gasteiger partial charge in [-0.2, -0.15) is 0 Å². The minimum atomic E-state index is 0.0112. The maximum Gasteiger partial charge on any atom is 0.123 e. The Morgan fingerprint density at radius 2 is 2.05 bits per heavy atom. The molecule has 1 aliphatic carbocycles. The minimum absolute atomic E-state index is 0.0112. The van der Waals surface area contributed by atoms with Crippen LogP contribution in [0.1, 0.15) is 56.0 Å². The molecule has 0 aliphatic heterocycles. The highest BCUT2D eigenvalue weighted by Crippen LogP contribution is 2.51. The van der Waals surface area contributed by atoms with Crippen molar-refractivity contribution in [3.8, 4) is 5.75 Å². The van der Waals surface area contributed by atoms with E-state index in [9.17, 15) is 0 Å². The van der Waals surface area contributed by atoms with Crippen molar-refractivity contribution in [1.82, 2.24) is 0 Å². The molecule has 0 bridgehead atoms. The van der Waals surface area contributed by atoms with E-state index in [1.54, 1.807) is 7.11 Å². The lowest BCUT2D eigenvalue weighted by Crippen LogP contribution is -2.31. The standard InChI is InChI=1S/C17H24BrClO/c1-11-9-15(20-4)12(10-14(11)18)16(19)13-7-5-6-8-17(13,2)3/h9-10,13,16H,5-8H2,1-4H3. The van der Waals surface area contributed by atoms with Crippen molar-refractivity contribution in [3.63, 3.8) is 0 Å². The third-order valence-electron chi connectivity index (χ3n) is 4.75. The summed E-state index contributed by atoms with van der Waals surface area (Å²) < 4.78 is 6.66. The Morgan fingerprint density at radius 3 is 2.65 bits per heavy atom. The summed E-state index contributed by atoms with van der Waals surface area (Å²) in [6.07, 6.45) is 5.07. The van der Waals surface area contributed by atoms with Crippen LogP contribution < -0.4 is 4.74 Å². The first-order valence-electron chi connectivity index (χ1n) is 7.35. The molecular weight excluding hydrogens is 336 g/mol. The molecule has 1 aromatic rings. The minimum Gasteiger partial charge on any atom is -0.496 e. The van der Waals surface area contributed by atoms with E-state index in [1.807, 2.05) is 0 Å². The zero-order valence-corrected chi connectivity index (χ0v) is 15.1. The second kappa shape index (κ2) is 6.27. The molecule has 112 valence electrons. The van der Waals surface area contributed by atoms with E-state index in [2.05, 4.69) is 48.8 Å². The maximum absolute atomic E-state index is 6.88. The van der Waals surface area contributed by atoms with Crippen LogP contribution in [0, 0.1) is 18.3 Å². The summed E-state index contributed by atoms with van der Waals surface area (Å²) in [4.78, 5) is 0. The first kappa shape index (κ1) is 16.2. The molecule has 0 spiro atoms. The molecule has 1 aromatic carbocycles. The molecule has 1 nitrogen and oxygen atoms in total. The first-order valence-corrected chi connectivity index (χ1v) is 8.58. The summed E-state index contributed by atoms with van der Waals surface area (Å²) in [6, 6.07) is 4.21. The van der Waals surface area contributed by atoms with Gasteiger partial charge in [-0.1, -0.05) is 42.6 Å². The highest BCUT2D eigenvalue weighted by atomic mass is 79.9. The van der Waals surface area contributed by atoms with E-state index in [0.29, 0.717) is 11.3 Å². The lowest BCUT2D eigenvalue weighted by molar-refractivity contribution is 0.132. The summed E-state index contributed by atoms with van der Waals surface area (Å²) in [7, 11) is 1.72. The Hall–Kier alpha value is -0.210. The van der Waals surface area contributed by atoms with Gasteiger partial charge >= 0.3 is 0 Å². The summed E-state index contributed by atoms with van der Waals surface area (Å²) in [5.41, 5.74) is 2.59. The molecule has 1 saturated carbocycles. The van der Waals surface area contributed by atoms with E-state index >= 15 is 0 Å². The first-order chi connectivity index (χ1) is 9.36. The van der Waals surface area contributed by atoms with Crippen LogP contribution in [0.15, 0.2) is 16.6 Å². The van der Waals surface area contributed by atoms with Gasteiger partial charge in [-0.15, -0.1) is 11.6 Å². The number of hydrogen-bond acceptors (Lipinski definition) is 1. The Labute approximate surface area is 136 Å². The van der Waals surface area contributed by atoms with Gasteiger partial charge < -0.3 is 4.74 Å². The molecule has 2 atom stereocenters. The predicted octanol–water partition coefficient (Wildman–Crippen LogP) is 6.26. The molecule has 0 aromatic heterocycles. The molecule has 0 saturated heterocycles. The summed E-state index contributed by atoms with van der Waals surface area (Å²) in [5, 5.41) is 0.0112. The molecule has 2 rings (SSSR count). The van der Waals surface area contributed by atoms with E-state index in [4.69, 9.17) is 16.3 Å². The van der Waals surface area contributed by atoms with Crippen molar-refractivity contribution >= 4 is 27.5 Å². The molecule has 3 heteroatoms. The van der Waals surface area contributed by atoms with Crippen LogP contribution in [0.2, 0.25) is 0 Å². The molecule has 2 unspecified atom stereocenters. The Bertz CT molecular complexity index is 484. The SMILES string of the molecule is COc1cc(C)c(Br)cc1C(Cl)C1CCCCC1(C)C. The van der Waals surface area contributed by atoms with Crippen LogP contribution in [0.5, 0.6) is 5.75 Å². The van der Waals surface area contributed by atoms with Crippen LogP contribution in [0.3, 0.4) is 0 Å². The molecule has 1 aliphatic rings. The van der Waals surface area contributed by atoms with Crippen molar-refractivity contribution in [2.45, 2.75) is 51.8 Å². The summed E-state index contributed by atoms with van der Waals surface area (Å²) in [6.45, 7) is 6.77. The second-order valence-electron chi connectivity index (χ2n) is 6.59. The highest BCUT2D eigenvalue weighted by Gasteiger charge is 2.38. The van der Waals surface area contributed by atoms with Crippen molar-refractivity contribution in [3.05, 3.63) is 27.7 Å². The topological polar surface area (TPSA) is 9.23 Å². The van der Waals surface area contributed by atoms with Gasteiger partial charge in [0.1, 0.15) is 5.75 Å². The predicted molar refractivity (Wildman–Crippen MR) is 89.8 cm³/mol. The van der Waals surface area contributed by atoms with Crippen molar-refractivity contribution in [2.24, 2.45) is 11.3 Å². The third kappa shape index (κ3) is 3.17. The smallest absolute Gasteiger partial charge is 0.123 e. The van der Waals surface area contributed by atoms with Crippen molar-refractivity contribution in [1.29, 1.82) is 0 Å². The normalized spacial score (nSPS) is 23.4. The maximum atomic E-state index is 6.88. The third-order valence-corrected chi connectivity index (χ3v) is 6.14. The average molecular weight is 360 g/mol. The van der Waals surface area contributed by atoms with Gasteiger partial charge in [0.05, 0.1) is 12.5 Å². The van der Waals surface area contributed by atoms with Crippen LogP contribution in [0.25, 0.3) is 0 Å². The Morgan fingerprint density at radius 1 is 1.35 bits per heavy atom. The number of alkyl halides is 1. The Balaban J connectivity index is 2.37. The van der Waals surface area contributed by atoms with Gasteiger partial charge in [0.2, 0.25) is 0 Å². The van der Waals surface area contributed by atoms with Gasteiger partial charge in [-0.3, -0.25) is 0 Å². The van der Waals surface area contributed by atoms with Crippen molar-refractivity contribution in [2.75, 3.05) is 7.11 Å². The molecule has 0 radical (unpaired) electrons. The summed E-state index contributed by atoms with van der Waals surface area (Å²) in [5.74, 6) is 1.41.